The van der Waals surface area contributed by atoms with E-state index in [1.165, 1.54) is 4.31 Å². The lowest BCUT2D eigenvalue weighted by Gasteiger charge is -2.36. The summed E-state index contributed by atoms with van der Waals surface area (Å²) in [5, 5.41) is 0. The van der Waals surface area contributed by atoms with Crippen LogP contribution in [-0.4, -0.2) is 38.1 Å². The molecule has 0 aromatic carbocycles. The van der Waals surface area contributed by atoms with E-state index in [1.807, 2.05) is 19.1 Å². The van der Waals surface area contributed by atoms with E-state index in [0.29, 0.717) is 0 Å². The van der Waals surface area contributed by atoms with Gasteiger partial charge in [0, 0.05) is 50.8 Å². The highest BCUT2D eigenvalue weighted by atomic mass is 79.9. The highest BCUT2D eigenvalue weighted by molar-refractivity contribution is 9.10. The first-order chi connectivity index (χ1) is 12.2. The average Bonchev–Trinajstić information content (AvgIpc) is 2.96. The number of nitrogens with two attached hydrogens (primary N) is 2. The maximum absolute atomic E-state index is 12.8. The molecule has 2 aromatic heterocycles. The van der Waals surface area contributed by atoms with Gasteiger partial charge in [0.15, 0.2) is 0 Å². The van der Waals surface area contributed by atoms with Crippen LogP contribution in [-0.2, 0) is 15.2 Å². The van der Waals surface area contributed by atoms with E-state index in [2.05, 4.69) is 43.7 Å². The maximum Gasteiger partial charge on any atom is 0.203 e. The lowest BCUT2D eigenvalue weighted by Crippen LogP contribution is -2.50. The molecule has 4 N–H and O–H groups in total. The molecule has 0 fully saturated rings. The van der Waals surface area contributed by atoms with Crippen LogP contribution in [0.3, 0.4) is 0 Å². The predicted octanol–water partition coefficient (Wildman–Crippen LogP) is 1.95. The molecule has 0 bridgehead atoms. The van der Waals surface area contributed by atoms with Gasteiger partial charge in [-0.1, -0.05) is 0 Å². The molecule has 3 rings (SSSR count). The van der Waals surface area contributed by atoms with Crippen molar-refractivity contribution in [2.24, 2.45) is 16.5 Å². The molecule has 0 radical (unpaired) electrons. The predicted molar refractivity (Wildman–Crippen MR) is 113 cm³/mol. The minimum Gasteiger partial charge on any atom is -0.369 e. The third-order valence-electron chi connectivity index (χ3n) is 4.10. The third kappa shape index (κ3) is 3.32. The summed E-state index contributed by atoms with van der Waals surface area (Å²) in [7, 11) is -0.883. The first-order valence-corrected chi connectivity index (χ1v) is 11.0. The van der Waals surface area contributed by atoms with Crippen LogP contribution >= 0.6 is 27.3 Å². The van der Waals surface area contributed by atoms with Crippen molar-refractivity contribution in [3.05, 3.63) is 39.4 Å². The fourth-order valence-electron chi connectivity index (χ4n) is 2.78. The second kappa shape index (κ2) is 6.61. The van der Waals surface area contributed by atoms with Crippen LogP contribution in [0.5, 0.6) is 0 Å². The number of thiophene rings is 1. The van der Waals surface area contributed by atoms with Crippen molar-refractivity contribution in [3.8, 4) is 22.4 Å². The Hall–Kier alpha value is -2.02. The SMILES string of the molecule is C=S1(=O)C[C@@](C)(c2sc(-c3cncc(C#CN)c3)cc2Br)N=C(N)N1C. The van der Waals surface area contributed by atoms with E-state index >= 15 is 0 Å². The summed E-state index contributed by atoms with van der Waals surface area (Å²) >= 11 is 5.16. The number of rotatable bonds is 2. The zero-order chi connectivity index (χ0) is 19.1. The largest absolute Gasteiger partial charge is 0.369 e. The topological polar surface area (TPSA) is 97.6 Å². The molecule has 2 atom stereocenters. The van der Waals surface area contributed by atoms with Gasteiger partial charge in [0.05, 0.1) is 15.5 Å². The molecule has 3 heterocycles. The van der Waals surface area contributed by atoms with Gasteiger partial charge in [0.1, 0.15) is 5.54 Å². The standard InChI is InChI=1S/C17H18BrN5OS2/c1-17(10-26(3,24)23(2)16(20)22-17)15-13(18)7-14(25-15)12-6-11(4-5-19)8-21-9-12/h6-9H,3,10,19H2,1-2H3,(H2,20,22)/t17-,26?/m0/s1. The Balaban J connectivity index is 2.09. The molecule has 0 amide bonds. The van der Waals surface area contributed by atoms with Crippen LogP contribution in [0.25, 0.3) is 10.4 Å². The molecular formula is C17H18BrN5OS2. The molecule has 6 nitrogen and oxygen atoms in total. The molecule has 1 aliphatic heterocycles. The van der Waals surface area contributed by atoms with Crippen molar-refractivity contribution in [1.29, 1.82) is 0 Å². The minimum absolute atomic E-state index is 0.225. The lowest BCUT2D eigenvalue weighted by atomic mass is 10.0. The van der Waals surface area contributed by atoms with E-state index in [9.17, 15) is 4.21 Å². The first-order valence-electron chi connectivity index (χ1n) is 7.57. The van der Waals surface area contributed by atoms with Crippen LogP contribution < -0.4 is 11.5 Å². The smallest absolute Gasteiger partial charge is 0.203 e. The van der Waals surface area contributed by atoms with Crippen LogP contribution in [0.15, 0.2) is 34.0 Å². The summed E-state index contributed by atoms with van der Waals surface area (Å²) in [5.41, 5.74) is 12.2. The number of pyridine rings is 1. The summed E-state index contributed by atoms with van der Waals surface area (Å²) in [5.74, 6) is 7.16. The normalized spacial score (nSPS) is 25.3. The van der Waals surface area contributed by atoms with Gasteiger partial charge in [0.2, 0.25) is 5.96 Å². The monoisotopic (exact) mass is 451 g/mol. The molecular weight excluding hydrogens is 434 g/mol. The second-order valence-electron chi connectivity index (χ2n) is 6.18. The van der Waals surface area contributed by atoms with Crippen LogP contribution in [0.2, 0.25) is 0 Å². The summed E-state index contributed by atoms with van der Waals surface area (Å²) in [4.78, 5) is 10.8. The van der Waals surface area contributed by atoms with E-state index in [4.69, 9.17) is 11.5 Å². The molecule has 0 saturated carbocycles. The van der Waals surface area contributed by atoms with Crippen molar-refractivity contribution >= 4 is 48.8 Å². The van der Waals surface area contributed by atoms with Crippen LogP contribution in [0.4, 0.5) is 0 Å². The van der Waals surface area contributed by atoms with E-state index in [0.717, 1.165) is 25.4 Å². The summed E-state index contributed by atoms with van der Waals surface area (Å²) in [6, 6.07) is 6.31. The van der Waals surface area contributed by atoms with Crippen LogP contribution in [0.1, 0.15) is 17.4 Å². The van der Waals surface area contributed by atoms with E-state index < -0.39 is 15.2 Å². The Morgan fingerprint density at radius 3 is 2.85 bits per heavy atom. The Morgan fingerprint density at radius 2 is 2.19 bits per heavy atom. The number of aromatic nitrogens is 1. The molecule has 26 heavy (non-hydrogen) atoms. The number of hydrogen-bond acceptors (Lipinski definition) is 6. The van der Waals surface area contributed by atoms with Gasteiger partial charge in [-0.05, 0) is 46.8 Å². The zero-order valence-corrected chi connectivity index (χ0v) is 17.5. The van der Waals surface area contributed by atoms with Gasteiger partial charge in [-0.25, -0.2) is 9.20 Å². The molecule has 0 spiro atoms. The maximum atomic E-state index is 12.8. The number of halogens is 1. The molecule has 2 aromatic rings. The van der Waals surface area contributed by atoms with Gasteiger partial charge in [0.25, 0.3) is 0 Å². The van der Waals surface area contributed by atoms with Crippen molar-refractivity contribution < 1.29 is 4.21 Å². The highest BCUT2D eigenvalue weighted by Crippen LogP contribution is 2.44. The fourth-order valence-corrected chi connectivity index (χ4v) is 6.71. The number of nitrogens with zero attached hydrogens (tertiary/aromatic N) is 3. The van der Waals surface area contributed by atoms with Crippen molar-refractivity contribution in [2.75, 3.05) is 12.8 Å². The van der Waals surface area contributed by atoms with Gasteiger partial charge < -0.3 is 11.5 Å². The Morgan fingerprint density at radius 1 is 1.46 bits per heavy atom. The van der Waals surface area contributed by atoms with E-state index in [-0.39, 0.29) is 11.7 Å². The second-order valence-corrected chi connectivity index (χ2v) is 10.5. The third-order valence-corrected chi connectivity index (χ3v) is 8.63. The lowest BCUT2D eigenvalue weighted by molar-refractivity contribution is 0.520. The highest BCUT2D eigenvalue weighted by Gasteiger charge is 2.39. The number of hydrogen-bond donors (Lipinski definition) is 2. The summed E-state index contributed by atoms with van der Waals surface area (Å²) < 4.78 is 15.2. The van der Waals surface area contributed by atoms with Gasteiger partial charge in [-0.2, -0.15) is 0 Å². The van der Waals surface area contributed by atoms with Crippen molar-refractivity contribution in [3.63, 3.8) is 0 Å². The molecule has 0 saturated heterocycles. The quantitative estimate of drug-likeness (QED) is 0.414. The minimum atomic E-state index is -2.53. The van der Waals surface area contributed by atoms with E-state index in [1.54, 1.807) is 30.8 Å². The molecule has 1 aliphatic rings. The molecule has 0 aliphatic carbocycles. The van der Waals surface area contributed by atoms with Gasteiger partial charge in [-0.15, -0.1) is 11.3 Å². The Bertz CT molecular complexity index is 1060. The van der Waals surface area contributed by atoms with Gasteiger partial charge >= 0.3 is 0 Å². The van der Waals surface area contributed by atoms with Gasteiger partial charge in [-0.3, -0.25) is 9.29 Å². The molecule has 9 heteroatoms. The summed E-state index contributed by atoms with van der Waals surface area (Å²) in [6.45, 7) is 1.92. The summed E-state index contributed by atoms with van der Waals surface area (Å²) in [6.07, 6.45) is 3.43. The zero-order valence-electron chi connectivity index (χ0n) is 14.3. The van der Waals surface area contributed by atoms with Crippen molar-refractivity contribution in [1.82, 2.24) is 9.29 Å². The number of guanidine groups is 1. The van der Waals surface area contributed by atoms with Crippen molar-refractivity contribution in [2.45, 2.75) is 12.5 Å². The Kier molecular flexibility index (Phi) is 4.77. The van der Waals surface area contributed by atoms with Crippen LogP contribution in [0, 0.1) is 12.0 Å². The molecule has 1 unspecified atom stereocenters. The number of aliphatic imine (C=N–C) groups is 1. The average molecular weight is 452 g/mol. The Labute approximate surface area is 165 Å². The molecule has 136 valence electrons. The fraction of sp³-hybridized carbons (Fsp3) is 0.235. The first kappa shape index (κ1) is 18.8.